The molecule has 1 fully saturated rings. The van der Waals surface area contributed by atoms with Gasteiger partial charge in [0.2, 0.25) is 0 Å². The molecule has 10 nitrogen and oxygen atoms in total. The number of aliphatic hydroxyl groups is 1. The molecule has 1 unspecified atom stereocenters. The second-order valence-electron chi connectivity index (χ2n) is 8.22. The normalized spacial score (nSPS) is 16.6. The van der Waals surface area contributed by atoms with Crippen molar-refractivity contribution in [2.24, 2.45) is 0 Å². The van der Waals surface area contributed by atoms with Crippen LogP contribution in [-0.2, 0) is 25.5 Å². The van der Waals surface area contributed by atoms with Crippen molar-refractivity contribution in [3.05, 3.63) is 105 Å². The van der Waals surface area contributed by atoms with Gasteiger partial charge < -0.3 is 14.9 Å². The van der Waals surface area contributed by atoms with Crippen molar-refractivity contribution >= 4 is 34.8 Å². The lowest BCUT2D eigenvalue weighted by molar-refractivity contribution is -0.384. The van der Waals surface area contributed by atoms with Crippen molar-refractivity contribution in [1.29, 1.82) is 0 Å². The molecule has 188 valence electrons. The molecule has 1 aliphatic heterocycles. The maximum Gasteiger partial charge on any atom is 0.310 e. The second-order valence-corrected chi connectivity index (χ2v) is 8.22. The molecule has 1 saturated heterocycles. The number of esters is 1. The van der Waals surface area contributed by atoms with E-state index in [-0.39, 0.29) is 35.6 Å². The number of nitro groups is 1. The summed E-state index contributed by atoms with van der Waals surface area (Å²) in [7, 11) is 0. The highest BCUT2D eigenvalue weighted by atomic mass is 16.6. The minimum atomic E-state index is -1.09. The van der Waals surface area contributed by atoms with Crippen molar-refractivity contribution in [2.75, 3.05) is 11.5 Å². The zero-order chi connectivity index (χ0) is 26.7. The van der Waals surface area contributed by atoms with Gasteiger partial charge >= 0.3 is 5.97 Å². The van der Waals surface area contributed by atoms with Crippen LogP contribution < -0.4 is 4.90 Å². The quantitative estimate of drug-likeness (QED) is 0.123. The predicted octanol–water partition coefficient (Wildman–Crippen LogP) is 4.03. The average Bonchev–Trinajstić information content (AvgIpc) is 3.15. The molecule has 0 aliphatic carbocycles. The molecule has 10 heteroatoms. The number of non-ortho nitro benzene ring substituents is 1. The van der Waals surface area contributed by atoms with Gasteiger partial charge in [-0.1, -0.05) is 36.4 Å². The van der Waals surface area contributed by atoms with E-state index in [1.54, 1.807) is 31.2 Å². The van der Waals surface area contributed by atoms with E-state index in [2.05, 4.69) is 0 Å². The van der Waals surface area contributed by atoms with Gasteiger partial charge in [-0.25, -0.2) is 0 Å². The summed E-state index contributed by atoms with van der Waals surface area (Å²) in [6.07, 6.45) is 0.0289. The van der Waals surface area contributed by atoms with E-state index in [0.717, 1.165) is 6.07 Å². The zero-order valence-electron chi connectivity index (χ0n) is 19.7. The Balaban J connectivity index is 1.82. The third-order valence-electron chi connectivity index (χ3n) is 5.85. The van der Waals surface area contributed by atoms with Crippen LogP contribution in [0.1, 0.15) is 29.7 Å². The number of hydrogen-bond donors (Lipinski definition) is 2. The van der Waals surface area contributed by atoms with Crippen molar-refractivity contribution in [1.82, 2.24) is 0 Å². The molecule has 0 aromatic heterocycles. The fourth-order valence-corrected chi connectivity index (χ4v) is 4.15. The van der Waals surface area contributed by atoms with E-state index >= 15 is 0 Å². The number of carbonyl (C=O) groups excluding carboxylic acids is 3. The van der Waals surface area contributed by atoms with Crippen molar-refractivity contribution in [2.45, 2.75) is 19.4 Å². The highest BCUT2D eigenvalue weighted by Gasteiger charge is 2.47. The number of aliphatic hydroxyl groups excluding tert-OH is 1. The van der Waals surface area contributed by atoms with E-state index in [1.807, 2.05) is 0 Å². The van der Waals surface area contributed by atoms with Gasteiger partial charge in [0, 0.05) is 23.4 Å². The molecule has 0 spiro atoms. The van der Waals surface area contributed by atoms with E-state index in [1.165, 1.54) is 47.4 Å². The molecule has 37 heavy (non-hydrogen) atoms. The SMILES string of the molecule is CCOC(=O)Cc1ccc(N2C(=O)C(=O)/C(=C(\O)c3cccc([N+](=O)[O-])c3)C2c2ccc(O)cc2)cc1. The number of benzene rings is 3. The predicted molar refractivity (Wildman–Crippen MR) is 133 cm³/mol. The lowest BCUT2D eigenvalue weighted by Gasteiger charge is -2.25. The molecular formula is C27H22N2O8. The summed E-state index contributed by atoms with van der Waals surface area (Å²) in [6.45, 7) is 1.95. The molecule has 1 amide bonds. The number of rotatable bonds is 7. The molecule has 1 aliphatic rings. The van der Waals surface area contributed by atoms with Crippen molar-refractivity contribution in [3.8, 4) is 5.75 Å². The summed E-state index contributed by atoms with van der Waals surface area (Å²) < 4.78 is 4.95. The van der Waals surface area contributed by atoms with Gasteiger partial charge in [-0.2, -0.15) is 0 Å². The van der Waals surface area contributed by atoms with Gasteiger partial charge in [0.25, 0.3) is 17.4 Å². The highest BCUT2D eigenvalue weighted by molar-refractivity contribution is 6.51. The molecule has 0 saturated carbocycles. The minimum Gasteiger partial charge on any atom is -0.508 e. The summed E-state index contributed by atoms with van der Waals surface area (Å²) in [5, 5.41) is 32.1. The standard InChI is InChI=1S/C27H22N2O8/c1-2-37-22(31)14-16-6-10-19(11-7-16)28-24(17-8-12-21(30)13-9-17)23(26(33)27(28)34)25(32)18-4-3-5-20(15-18)29(35)36/h3-13,15,24,30,32H,2,14H2,1H3/b25-23-. The van der Waals surface area contributed by atoms with Crippen LogP contribution in [0.5, 0.6) is 5.75 Å². The Labute approximate surface area is 211 Å². The van der Waals surface area contributed by atoms with Crippen molar-refractivity contribution < 1.29 is 34.3 Å². The third kappa shape index (κ3) is 5.03. The summed E-state index contributed by atoms with van der Waals surface area (Å²) in [5.41, 5.74) is 0.825. The maximum atomic E-state index is 13.2. The Morgan fingerprint density at radius 3 is 2.35 bits per heavy atom. The number of carbonyl (C=O) groups is 3. The molecule has 3 aromatic rings. The van der Waals surface area contributed by atoms with Crippen LogP contribution in [0.2, 0.25) is 0 Å². The lowest BCUT2D eigenvalue weighted by Crippen LogP contribution is -2.29. The van der Waals surface area contributed by atoms with Crippen LogP contribution in [-0.4, -0.2) is 39.4 Å². The first-order valence-electron chi connectivity index (χ1n) is 11.3. The molecule has 0 radical (unpaired) electrons. The number of ketones is 1. The monoisotopic (exact) mass is 502 g/mol. The van der Waals surface area contributed by atoms with Crippen molar-refractivity contribution in [3.63, 3.8) is 0 Å². The van der Waals surface area contributed by atoms with Gasteiger partial charge in [0.05, 0.1) is 29.6 Å². The second kappa shape index (κ2) is 10.3. The van der Waals surface area contributed by atoms with Gasteiger partial charge in [-0.15, -0.1) is 0 Å². The number of ether oxygens (including phenoxy) is 1. The number of phenols is 1. The Morgan fingerprint density at radius 1 is 1.05 bits per heavy atom. The Kier molecular flexibility index (Phi) is 7.01. The van der Waals surface area contributed by atoms with E-state index in [9.17, 15) is 34.7 Å². The fourth-order valence-electron chi connectivity index (χ4n) is 4.15. The smallest absolute Gasteiger partial charge is 0.310 e. The van der Waals surface area contributed by atoms with Gasteiger partial charge in [0.1, 0.15) is 11.5 Å². The van der Waals surface area contributed by atoms with E-state index in [4.69, 9.17) is 4.74 Å². The number of nitrogens with zero attached hydrogens (tertiary/aromatic N) is 2. The van der Waals surface area contributed by atoms with Gasteiger partial charge in [-0.05, 0) is 42.3 Å². The largest absolute Gasteiger partial charge is 0.508 e. The molecule has 0 bridgehead atoms. The molecule has 4 rings (SSSR count). The van der Waals surface area contributed by atoms with Gasteiger partial charge in [0.15, 0.2) is 0 Å². The molecule has 3 aromatic carbocycles. The topological polar surface area (TPSA) is 147 Å². The first-order valence-corrected chi connectivity index (χ1v) is 11.3. The van der Waals surface area contributed by atoms with E-state index < -0.39 is 34.4 Å². The zero-order valence-corrected chi connectivity index (χ0v) is 19.7. The molecule has 2 N–H and O–H groups in total. The molecule has 1 atom stereocenters. The number of hydrogen-bond acceptors (Lipinski definition) is 8. The van der Waals surface area contributed by atoms with Gasteiger partial charge in [-0.3, -0.25) is 29.4 Å². The first kappa shape index (κ1) is 25.1. The fraction of sp³-hybridized carbons (Fsp3) is 0.148. The summed E-state index contributed by atoms with van der Waals surface area (Å²) >= 11 is 0. The Morgan fingerprint density at radius 2 is 1.73 bits per heavy atom. The lowest BCUT2D eigenvalue weighted by atomic mass is 9.95. The van der Waals surface area contributed by atoms with Crippen LogP contribution in [0.15, 0.2) is 78.4 Å². The number of anilines is 1. The number of Topliss-reactive ketones (excluding diaryl/α,β-unsaturated/α-hetero) is 1. The summed E-state index contributed by atoms with van der Waals surface area (Å²) in [4.78, 5) is 50.0. The number of aromatic hydroxyl groups is 1. The summed E-state index contributed by atoms with van der Waals surface area (Å²) in [6, 6.07) is 16.2. The van der Waals surface area contributed by atoms with Crippen LogP contribution in [0.4, 0.5) is 11.4 Å². The Hall–Kier alpha value is -4.99. The number of amides is 1. The van der Waals surface area contributed by atoms with Crippen LogP contribution >= 0.6 is 0 Å². The van der Waals surface area contributed by atoms with Crippen LogP contribution in [0, 0.1) is 10.1 Å². The molecule has 1 heterocycles. The minimum absolute atomic E-state index is 0.000706. The first-order chi connectivity index (χ1) is 17.7. The third-order valence-corrected chi connectivity index (χ3v) is 5.85. The Bertz CT molecular complexity index is 1410. The van der Waals surface area contributed by atoms with Crippen LogP contribution in [0.25, 0.3) is 5.76 Å². The highest BCUT2D eigenvalue weighted by Crippen LogP contribution is 2.42. The molecular weight excluding hydrogens is 480 g/mol. The van der Waals surface area contributed by atoms with Crippen LogP contribution in [0.3, 0.4) is 0 Å². The summed E-state index contributed by atoms with van der Waals surface area (Å²) in [5.74, 6) is -2.90. The number of phenolic OH excluding ortho intramolecular Hbond substituents is 1. The average molecular weight is 502 g/mol. The maximum absolute atomic E-state index is 13.2. The van der Waals surface area contributed by atoms with E-state index in [0.29, 0.717) is 16.8 Å². The number of nitro benzene ring substituents is 1.